The van der Waals surface area contributed by atoms with Crippen molar-refractivity contribution in [2.45, 2.75) is 25.7 Å². The number of Topliss-reactive ketones (excluding diaryl/α,β-unsaturated/α-hetero) is 2. The minimum Gasteiger partial charge on any atom is -0.293 e. The lowest BCUT2D eigenvalue weighted by atomic mass is 9.89. The number of hydrogen-bond donors (Lipinski definition) is 0. The minimum absolute atomic E-state index is 0.141. The first-order chi connectivity index (χ1) is 22.6. The molecule has 5 aromatic rings. The third-order valence-corrected chi connectivity index (χ3v) is 7.80. The lowest BCUT2D eigenvalue weighted by Crippen LogP contribution is -2.08. The van der Waals surface area contributed by atoms with Gasteiger partial charge in [-0.2, -0.15) is 10.5 Å². The van der Waals surface area contributed by atoms with E-state index < -0.39 is 0 Å². The van der Waals surface area contributed by atoms with E-state index in [0.29, 0.717) is 24.0 Å². The molecule has 0 bridgehead atoms. The molecule has 0 aliphatic heterocycles. The summed E-state index contributed by atoms with van der Waals surface area (Å²) in [7, 11) is 0. The van der Waals surface area contributed by atoms with Gasteiger partial charge in [0.25, 0.3) is 0 Å². The van der Waals surface area contributed by atoms with Gasteiger partial charge in [0, 0.05) is 24.0 Å². The van der Waals surface area contributed by atoms with Gasteiger partial charge in [-0.25, -0.2) is 0 Å². The fraction of sp³-hybridized carbons (Fsp3) is 0.0952. The summed E-state index contributed by atoms with van der Waals surface area (Å²) in [5, 5.41) is 20.2. The molecule has 222 valence electrons. The third kappa shape index (κ3) is 7.69. The molecule has 0 saturated carbocycles. The number of carbonyl (C=O) groups is 2. The molecule has 0 amide bonds. The van der Waals surface area contributed by atoms with Crippen molar-refractivity contribution < 1.29 is 9.59 Å². The lowest BCUT2D eigenvalue weighted by molar-refractivity contribution is -0.115. The summed E-state index contributed by atoms with van der Waals surface area (Å²) >= 11 is 0. The summed E-state index contributed by atoms with van der Waals surface area (Å²) in [5.74, 6) is -0.437. The van der Waals surface area contributed by atoms with Crippen molar-refractivity contribution in [1.29, 1.82) is 10.5 Å². The summed E-state index contributed by atoms with van der Waals surface area (Å²) in [6, 6.07) is 50.3. The largest absolute Gasteiger partial charge is 0.293 e. The third-order valence-electron chi connectivity index (χ3n) is 7.80. The Morgan fingerprint density at radius 2 is 0.739 bits per heavy atom. The van der Waals surface area contributed by atoms with E-state index >= 15 is 0 Å². The number of allylic oxidation sites excluding steroid dienone is 2. The fourth-order valence-corrected chi connectivity index (χ4v) is 5.55. The zero-order chi connectivity index (χ0) is 32.1. The molecule has 0 atom stereocenters. The average Bonchev–Trinajstić information content (AvgIpc) is 3.12. The molecule has 46 heavy (non-hydrogen) atoms. The van der Waals surface area contributed by atoms with Crippen molar-refractivity contribution in [3.8, 4) is 12.1 Å². The number of carbonyl (C=O) groups excluding carboxylic acids is 2. The van der Waals surface area contributed by atoms with Gasteiger partial charge in [0.15, 0.2) is 11.6 Å². The molecule has 0 saturated heterocycles. The molecule has 4 nitrogen and oxygen atoms in total. The molecule has 0 aromatic heterocycles. The molecule has 5 aromatic carbocycles. The standard InChI is InChI=1S/C42H32N2O2/c43-29-37(41(33-16-5-1-6-17-33)34-18-7-2-8-19-34)39(45)26-24-31-14-13-15-32(28-31)25-27-40(46)38(30-44)42(35-20-9-3-10-21-35)36-22-11-4-12-23-36/h1-23,28H,24-27H2. The first kappa shape index (κ1) is 31.3. The average molecular weight is 597 g/mol. The van der Waals surface area contributed by atoms with Crippen molar-refractivity contribution in [2.75, 3.05) is 0 Å². The number of nitriles is 2. The highest BCUT2D eigenvalue weighted by atomic mass is 16.1. The second-order valence-corrected chi connectivity index (χ2v) is 10.9. The van der Waals surface area contributed by atoms with Crippen LogP contribution in [0.15, 0.2) is 157 Å². The van der Waals surface area contributed by atoms with Gasteiger partial charge in [0.1, 0.15) is 23.3 Å². The van der Waals surface area contributed by atoms with Crippen LogP contribution in [0.5, 0.6) is 0 Å². The predicted octanol–water partition coefficient (Wildman–Crippen LogP) is 8.74. The topological polar surface area (TPSA) is 81.7 Å². The highest BCUT2D eigenvalue weighted by Crippen LogP contribution is 2.29. The van der Waals surface area contributed by atoms with E-state index in [9.17, 15) is 20.1 Å². The molecule has 0 fully saturated rings. The first-order valence-electron chi connectivity index (χ1n) is 15.2. The van der Waals surface area contributed by atoms with Gasteiger partial charge >= 0.3 is 0 Å². The molecule has 0 heterocycles. The van der Waals surface area contributed by atoms with Crippen LogP contribution in [0.3, 0.4) is 0 Å². The minimum atomic E-state index is -0.219. The molecule has 5 rings (SSSR count). The molecule has 0 aliphatic rings. The Morgan fingerprint density at radius 1 is 0.435 bits per heavy atom. The van der Waals surface area contributed by atoms with E-state index in [1.165, 1.54) is 0 Å². The number of ketones is 2. The Balaban J connectivity index is 1.33. The van der Waals surface area contributed by atoms with Gasteiger partial charge in [0.2, 0.25) is 0 Å². The second-order valence-electron chi connectivity index (χ2n) is 10.9. The summed E-state index contributed by atoms with van der Waals surface area (Å²) in [5.41, 5.74) is 6.71. The highest BCUT2D eigenvalue weighted by Gasteiger charge is 2.20. The van der Waals surface area contributed by atoms with Crippen LogP contribution < -0.4 is 0 Å². The van der Waals surface area contributed by atoms with E-state index in [2.05, 4.69) is 12.1 Å². The quantitative estimate of drug-likeness (QED) is 0.107. The van der Waals surface area contributed by atoms with Crippen LogP contribution in [-0.2, 0) is 22.4 Å². The molecule has 4 heteroatoms. The van der Waals surface area contributed by atoms with Crippen molar-refractivity contribution in [3.05, 3.63) is 190 Å². The van der Waals surface area contributed by atoms with Crippen molar-refractivity contribution in [2.24, 2.45) is 0 Å². The Hall–Kier alpha value is -6.10. The fourth-order valence-electron chi connectivity index (χ4n) is 5.55. The van der Waals surface area contributed by atoms with E-state index in [1.807, 2.05) is 146 Å². The molecular weight excluding hydrogens is 564 g/mol. The van der Waals surface area contributed by atoms with E-state index in [4.69, 9.17) is 0 Å². The molecular formula is C42H32N2O2. The first-order valence-corrected chi connectivity index (χ1v) is 15.2. The highest BCUT2D eigenvalue weighted by molar-refractivity contribution is 6.10. The van der Waals surface area contributed by atoms with Gasteiger partial charge in [0.05, 0.1) is 0 Å². The van der Waals surface area contributed by atoms with Crippen LogP contribution in [0.25, 0.3) is 11.1 Å². The van der Waals surface area contributed by atoms with Crippen LogP contribution in [0, 0.1) is 22.7 Å². The van der Waals surface area contributed by atoms with Gasteiger partial charge in [-0.1, -0.05) is 146 Å². The summed E-state index contributed by atoms with van der Waals surface area (Å²) < 4.78 is 0. The Labute approximate surface area is 270 Å². The lowest BCUT2D eigenvalue weighted by Gasteiger charge is -2.12. The van der Waals surface area contributed by atoms with Gasteiger partial charge in [-0.15, -0.1) is 0 Å². The predicted molar refractivity (Wildman–Crippen MR) is 182 cm³/mol. The maximum atomic E-state index is 13.5. The van der Waals surface area contributed by atoms with Crippen LogP contribution in [0.1, 0.15) is 46.2 Å². The molecule has 0 radical (unpaired) electrons. The van der Waals surface area contributed by atoms with Gasteiger partial charge in [-0.3, -0.25) is 9.59 Å². The summed E-state index contributed by atoms with van der Waals surface area (Å²) in [4.78, 5) is 27.0. The van der Waals surface area contributed by atoms with Crippen LogP contribution >= 0.6 is 0 Å². The zero-order valence-electron chi connectivity index (χ0n) is 25.4. The summed E-state index contributed by atoms with van der Waals surface area (Å²) in [6.07, 6.45) is 1.26. The second kappa shape index (κ2) is 15.6. The Kier molecular flexibility index (Phi) is 10.6. The van der Waals surface area contributed by atoms with Gasteiger partial charge in [-0.05, 0) is 46.2 Å². The number of nitrogens with zero attached hydrogens (tertiary/aromatic N) is 2. The maximum Gasteiger partial charge on any atom is 0.174 e. The van der Waals surface area contributed by atoms with E-state index in [-0.39, 0.29) is 35.6 Å². The van der Waals surface area contributed by atoms with Crippen molar-refractivity contribution >= 4 is 22.7 Å². The molecule has 0 spiro atoms. The maximum absolute atomic E-state index is 13.5. The van der Waals surface area contributed by atoms with E-state index in [0.717, 1.165) is 33.4 Å². The SMILES string of the molecule is N#CC(C(=O)CCc1cccc(CCC(=O)C(C#N)=C(c2ccccc2)c2ccccc2)c1)=C(c1ccccc1)c1ccccc1. The Morgan fingerprint density at radius 3 is 1.02 bits per heavy atom. The van der Waals surface area contributed by atoms with Gasteiger partial charge < -0.3 is 0 Å². The number of hydrogen-bond acceptors (Lipinski definition) is 4. The molecule has 0 unspecified atom stereocenters. The normalized spacial score (nSPS) is 10.2. The van der Waals surface area contributed by atoms with Crippen molar-refractivity contribution in [3.63, 3.8) is 0 Å². The van der Waals surface area contributed by atoms with E-state index in [1.54, 1.807) is 0 Å². The van der Waals surface area contributed by atoms with Crippen molar-refractivity contribution in [1.82, 2.24) is 0 Å². The summed E-state index contributed by atoms with van der Waals surface area (Å²) in [6.45, 7) is 0. The number of aryl methyl sites for hydroxylation is 2. The molecule has 0 N–H and O–H groups in total. The molecule has 0 aliphatic carbocycles. The number of rotatable bonds is 12. The smallest absolute Gasteiger partial charge is 0.174 e. The van der Waals surface area contributed by atoms with Crippen LogP contribution in [0.4, 0.5) is 0 Å². The monoisotopic (exact) mass is 596 g/mol. The van der Waals surface area contributed by atoms with Crippen LogP contribution in [0.2, 0.25) is 0 Å². The zero-order valence-corrected chi connectivity index (χ0v) is 25.4. The Bertz CT molecular complexity index is 1740. The van der Waals surface area contributed by atoms with Crippen LogP contribution in [-0.4, -0.2) is 11.6 Å². The number of benzene rings is 5.